The van der Waals surface area contributed by atoms with Gasteiger partial charge in [-0.05, 0) is 53.6 Å². The van der Waals surface area contributed by atoms with E-state index in [2.05, 4.69) is 133 Å². The molecule has 0 fully saturated rings. The quantitative estimate of drug-likeness (QED) is 0.180. The molecule has 44 heavy (non-hydrogen) atoms. The number of hydrogen-bond donors (Lipinski definition) is 0. The Morgan fingerprint density at radius 3 is 1.34 bits per heavy atom. The molecular weight excluding hydrogens is 577 g/mol. The summed E-state index contributed by atoms with van der Waals surface area (Å²) in [6.45, 7) is 0. The molecule has 0 bridgehead atoms. The van der Waals surface area contributed by atoms with Crippen LogP contribution in [0, 0.1) is 0 Å². The van der Waals surface area contributed by atoms with Gasteiger partial charge in [0.05, 0.1) is 44.0 Å². The maximum Gasteiger partial charge on any atom is 0.0651 e. The van der Waals surface area contributed by atoms with Gasteiger partial charge in [-0.1, -0.05) is 115 Å². The van der Waals surface area contributed by atoms with Gasteiger partial charge in [0.2, 0.25) is 0 Å². The van der Waals surface area contributed by atoms with Crippen molar-refractivity contribution in [2.24, 2.45) is 9.98 Å². The number of anilines is 2. The van der Waals surface area contributed by atoms with Crippen molar-refractivity contribution in [2.45, 2.75) is 9.79 Å². The molecule has 0 saturated heterocycles. The lowest BCUT2D eigenvalue weighted by Gasteiger charge is -2.31. The van der Waals surface area contributed by atoms with E-state index in [1.54, 1.807) is 23.5 Å². The maximum absolute atomic E-state index is 4.94. The van der Waals surface area contributed by atoms with Crippen LogP contribution in [0.25, 0.3) is 11.4 Å². The van der Waals surface area contributed by atoms with Gasteiger partial charge in [0.25, 0.3) is 0 Å². The number of aliphatic imine (C=N–C) groups is 2. The average molecular weight is 607 g/mol. The van der Waals surface area contributed by atoms with Crippen molar-refractivity contribution in [3.05, 3.63) is 154 Å². The highest BCUT2D eigenvalue weighted by Gasteiger charge is 2.24. The van der Waals surface area contributed by atoms with Crippen LogP contribution in [0.2, 0.25) is 0 Å². The number of thioether (sulfide) groups is 2. The van der Waals surface area contributed by atoms with Crippen molar-refractivity contribution in [2.75, 3.05) is 23.9 Å². The van der Waals surface area contributed by atoms with E-state index >= 15 is 0 Å². The predicted octanol–water partition coefficient (Wildman–Crippen LogP) is 10.3. The fraction of sp³-hybridized carbons (Fsp3) is 0.0526. The zero-order valence-electron chi connectivity index (χ0n) is 24.5. The summed E-state index contributed by atoms with van der Waals surface area (Å²) in [4.78, 5) is 19.0. The van der Waals surface area contributed by atoms with E-state index in [-0.39, 0.29) is 0 Å². The molecule has 6 heteroatoms. The molecule has 2 aliphatic rings. The molecule has 7 rings (SSSR count). The molecule has 0 N–H and O–H groups in total. The molecule has 5 aromatic rings. The van der Waals surface area contributed by atoms with Gasteiger partial charge in [-0.25, -0.2) is 0 Å². The summed E-state index contributed by atoms with van der Waals surface area (Å²) in [5, 5.41) is 0. The van der Waals surface area contributed by atoms with Crippen LogP contribution in [-0.2, 0) is 0 Å². The minimum absolute atomic E-state index is 0.859. The second-order valence-corrected chi connectivity index (χ2v) is 12.6. The van der Waals surface area contributed by atoms with Crippen LogP contribution in [0.1, 0.15) is 11.1 Å². The monoisotopic (exact) mass is 606 g/mol. The smallest absolute Gasteiger partial charge is 0.0651 e. The van der Waals surface area contributed by atoms with Gasteiger partial charge >= 0.3 is 0 Å². The van der Waals surface area contributed by atoms with Crippen LogP contribution in [0.15, 0.2) is 163 Å². The standard InChI is InChI=1S/C38H30N4S2/c1-41-31-20-9-11-22-33(31)43-35(37(41)27-14-5-3-6-15-27)25-39-29-18-13-19-30(24-29)40-26-36-38(28-16-7-4-8-17-28)42(2)32-21-10-12-23-34(32)44-36/h3-26H,1-2H3. The molecule has 5 aromatic carbocycles. The van der Waals surface area contributed by atoms with Crippen LogP contribution in [-0.4, -0.2) is 26.5 Å². The Balaban J connectivity index is 1.21. The van der Waals surface area contributed by atoms with E-state index in [0.29, 0.717) is 0 Å². The third-order valence-corrected chi connectivity index (χ3v) is 9.78. The first kappa shape index (κ1) is 28.0. The first-order chi connectivity index (χ1) is 21.7. The van der Waals surface area contributed by atoms with Crippen LogP contribution in [0.3, 0.4) is 0 Å². The average Bonchev–Trinajstić information content (AvgIpc) is 3.07. The number of benzene rings is 5. The third-order valence-electron chi connectivity index (χ3n) is 7.62. The number of fused-ring (bicyclic) bond motifs is 2. The Bertz CT molecular complexity index is 1810. The van der Waals surface area contributed by atoms with E-state index in [1.807, 2.05) is 36.7 Å². The molecule has 0 aromatic heterocycles. The van der Waals surface area contributed by atoms with Gasteiger partial charge in [-0.2, -0.15) is 0 Å². The van der Waals surface area contributed by atoms with Crippen molar-refractivity contribution in [3.8, 4) is 0 Å². The molecule has 4 nitrogen and oxygen atoms in total. The minimum Gasteiger partial charge on any atom is -0.342 e. The summed E-state index contributed by atoms with van der Waals surface area (Å²) in [6.07, 6.45) is 3.97. The molecule has 0 unspecified atom stereocenters. The van der Waals surface area contributed by atoms with Crippen LogP contribution in [0.4, 0.5) is 22.7 Å². The lowest BCUT2D eigenvalue weighted by Crippen LogP contribution is -2.20. The van der Waals surface area contributed by atoms with Crippen LogP contribution in [0.5, 0.6) is 0 Å². The van der Waals surface area contributed by atoms with E-state index < -0.39 is 0 Å². The van der Waals surface area contributed by atoms with Crippen LogP contribution < -0.4 is 9.80 Å². The highest BCUT2D eigenvalue weighted by molar-refractivity contribution is 8.04. The Hall–Kier alpha value is -4.78. The van der Waals surface area contributed by atoms with E-state index in [0.717, 1.165) is 43.7 Å². The van der Waals surface area contributed by atoms with Gasteiger partial charge in [0.15, 0.2) is 0 Å². The predicted molar refractivity (Wildman–Crippen MR) is 191 cm³/mol. The fourth-order valence-corrected chi connectivity index (χ4v) is 7.80. The molecule has 0 radical (unpaired) electrons. The summed E-state index contributed by atoms with van der Waals surface area (Å²) < 4.78 is 0. The lowest BCUT2D eigenvalue weighted by atomic mass is 10.1. The molecule has 0 aliphatic carbocycles. The van der Waals surface area contributed by atoms with Crippen molar-refractivity contribution in [3.63, 3.8) is 0 Å². The van der Waals surface area contributed by atoms with Gasteiger partial charge in [-0.15, -0.1) is 0 Å². The number of hydrogen-bond acceptors (Lipinski definition) is 6. The summed E-state index contributed by atoms with van der Waals surface area (Å²) in [6, 6.07) is 46.2. The first-order valence-electron chi connectivity index (χ1n) is 14.4. The molecule has 0 spiro atoms. The van der Waals surface area contributed by atoms with Gasteiger partial charge in [-0.3, -0.25) is 9.98 Å². The SMILES string of the molecule is CN1C(c2ccccc2)=C(C=Nc2cccc(N=CC3=C(c4ccccc4)N(C)c4ccccc4S3)c2)Sc2ccccc21. The topological polar surface area (TPSA) is 31.2 Å². The number of nitrogens with zero attached hydrogens (tertiary/aromatic N) is 4. The zero-order valence-corrected chi connectivity index (χ0v) is 26.1. The highest BCUT2D eigenvalue weighted by Crippen LogP contribution is 2.46. The third kappa shape index (κ3) is 5.62. The van der Waals surface area contributed by atoms with Crippen molar-refractivity contribution >= 4 is 70.1 Å². The second-order valence-electron chi connectivity index (χ2n) is 10.5. The summed E-state index contributed by atoms with van der Waals surface area (Å²) in [5.74, 6) is 0. The second kappa shape index (κ2) is 12.4. The largest absolute Gasteiger partial charge is 0.342 e. The Labute approximate surface area is 267 Å². The lowest BCUT2D eigenvalue weighted by molar-refractivity contribution is 1.17. The van der Waals surface area contributed by atoms with E-state index in [1.165, 1.54) is 21.2 Å². The molecule has 0 amide bonds. The molecular formula is C38H30N4S2. The normalized spacial score (nSPS) is 14.9. The Morgan fingerprint density at radius 1 is 0.477 bits per heavy atom. The number of para-hydroxylation sites is 2. The summed E-state index contributed by atoms with van der Waals surface area (Å²) in [5.41, 5.74) is 8.73. The molecule has 0 atom stereocenters. The highest BCUT2D eigenvalue weighted by atomic mass is 32.2. The molecule has 214 valence electrons. The first-order valence-corrected chi connectivity index (χ1v) is 16.1. The van der Waals surface area contributed by atoms with E-state index in [9.17, 15) is 0 Å². The zero-order chi connectivity index (χ0) is 29.9. The molecule has 0 saturated carbocycles. The Morgan fingerprint density at radius 2 is 0.886 bits per heavy atom. The molecule has 2 aliphatic heterocycles. The minimum atomic E-state index is 0.859. The van der Waals surface area contributed by atoms with Crippen molar-refractivity contribution in [1.29, 1.82) is 0 Å². The fourth-order valence-electron chi connectivity index (χ4n) is 5.51. The number of allylic oxidation sites excluding steroid dienone is 2. The Kier molecular flexibility index (Phi) is 7.93. The van der Waals surface area contributed by atoms with Gasteiger partial charge in [0, 0.05) is 36.3 Å². The summed E-state index contributed by atoms with van der Waals surface area (Å²) in [7, 11) is 4.25. The van der Waals surface area contributed by atoms with Crippen molar-refractivity contribution < 1.29 is 0 Å². The maximum atomic E-state index is 4.94. The van der Waals surface area contributed by atoms with E-state index in [4.69, 9.17) is 9.98 Å². The van der Waals surface area contributed by atoms with Crippen LogP contribution >= 0.6 is 23.5 Å². The van der Waals surface area contributed by atoms with Gasteiger partial charge < -0.3 is 9.80 Å². The van der Waals surface area contributed by atoms with Crippen molar-refractivity contribution in [1.82, 2.24) is 0 Å². The number of rotatable bonds is 6. The summed E-state index contributed by atoms with van der Waals surface area (Å²) >= 11 is 3.51. The molecule has 2 heterocycles. The van der Waals surface area contributed by atoms with Gasteiger partial charge in [0.1, 0.15) is 0 Å².